The van der Waals surface area contributed by atoms with Crippen molar-refractivity contribution in [1.29, 1.82) is 0 Å². The van der Waals surface area contributed by atoms with Gasteiger partial charge in [0.1, 0.15) is 0 Å². The average molecular weight is 1110 g/mol. The second-order valence-electron chi connectivity index (χ2n) is 19.7. The number of anilines is 2. The molecule has 78 heavy (non-hydrogen) atoms. The van der Waals surface area contributed by atoms with E-state index in [2.05, 4.69) is 242 Å². The molecule has 1 saturated heterocycles. The van der Waals surface area contributed by atoms with Crippen LogP contribution in [0.3, 0.4) is 0 Å². The topological polar surface area (TPSA) is 78.9 Å². The maximum absolute atomic E-state index is 13.7. The van der Waals surface area contributed by atoms with E-state index < -0.39 is 0 Å². The van der Waals surface area contributed by atoms with Gasteiger partial charge in [-0.05, 0) is 79.1 Å². The monoisotopic (exact) mass is 1110 g/mol. The van der Waals surface area contributed by atoms with Gasteiger partial charge in [-0.1, -0.05) is 139 Å². The molecule has 0 aliphatic carbocycles. The van der Waals surface area contributed by atoms with Crippen molar-refractivity contribution in [3.63, 3.8) is 0 Å². The molecular weight excluding hydrogens is 1040 g/mol. The number of rotatable bonds is 19. The number of benzene rings is 6. The van der Waals surface area contributed by atoms with E-state index >= 15 is 0 Å². The first-order chi connectivity index (χ1) is 38.3. The first kappa shape index (κ1) is 53.5. The van der Waals surface area contributed by atoms with Gasteiger partial charge in [-0.2, -0.15) is 0 Å². The number of carbonyl (C=O) groups excluding carboxylic acids is 2. The van der Waals surface area contributed by atoms with Crippen LogP contribution >= 0.6 is 47.0 Å². The number of nitrogens with one attached hydrogen (secondary N) is 2. The Morgan fingerprint density at radius 1 is 0.590 bits per heavy atom. The van der Waals surface area contributed by atoms with Crippen LogP contribution in [-0.2, 0) is 9.59 Å². The van der Waals surface area contributed by atoms with Crippen molar-refractivity contribution in [2.45, 2.75) is 58.6 Å². The summed E-state index contributed by atoms with van der Waals surface area (Å²) < 4.78 is 4.66. The van der Waals surface area contributed by atoms with Gasteiger partial charge in [0.2, 0.25) is 44.3 Å². The Morgan fingerprint density at radius 2 is 1.05 bits per heavy atom. The summed E-state index contributed by atoms with van der Waals surface area (Å²) in [4.78, 5) is 39.0. The molecule has 0 radical (unpaired) electrons. The molecule has 3 aliphatic rings. The zero-order chi connectivity index (χ0) is 53.4. The number of piperazine rings is 1. The molecule has 2 N–H and O–H groups in total. The number of hydrogen-bond donors (Lipinski definition) is 2. The number of hydrogen-bond acceptors (Lipinski definition) is 10. The summed E-state index contributed by atoms with van der Waals surface area (Å²) in [5.41, 5.74) is 9.21. The highest BCUT2D eigenvalue weighted by atomic mass is 32.2. The number of nitrogens with zero attached hydrogens (tertiary/aromatic N) is 6. The molecule has 0 bridgehead atoms. The lowest BCUT2D eigenvalue weighted by Crippen LogP contribution is -2.55. The zero-order valence-corrected chi connectivity index (χ0v) is 47.8. The first-order valence-electron chi connectivity index (χ1n) is 27.1. The quantitative estimate of drug-likeness (QED) is 0.0464. The maximum atomic E-state index is 13.7. The number of thioether (sulfide) groups is 4. The molecule has 1 fully saturated rings. The van der Waals surface area contributed by atoms with E-state index in [0.29, 0.717) is 30.9 Å². The fourth-order valence-electron chi connectivity index (χ4n) is 10.6. The molecular formula is C64H66N8O2S4+2. The minimum atomic E-state index is -0.00811. The normalized spacial score (nSPS) is 16.0. The van der Waals surface area contributed by atoms with Crippen molar-refractivity contribution in [3.05, 3.63) is 191 Å². The molecule has 8 aromatic rings. The molecule has 0 saturated carbocycles. The van der Waals surface area contributed by atoms with E-state index in [1.165, 1.54) is 42.0 Å². The molecule has 1 unspecified atom stereocenters. The van der Waals surface area contributed by atoms with Crippen LogP contribution in [0.25, 0.3) is 45.3 Å². The van der Waals surface area contributed by atoms with Crippen molar-refractivity contribution >= 4 is 104 Å². The number of fused-ring (bicyclic) bond motifs is 4. The third-order valence-electron chi connectivity index (χ3n) is 14.7. The number of carbonyl (C=O) groups is 2. The van der Waals surface area contributed by atoms with Gasteiger partial charge < -0.3 is 25.3 Å². The van der Waals surface area contributed by atoms with Crippen molar-refractivity contribution in [2.24, 2.45) is 0 Å². The minimum Gasteiger partial charge on any atom is -0.356 e. The van der Waals surface area contributed by atoms with Gasteiger partial charge in [0.15, 0.2) is 0 Å². The van der Waals surface area contributed by atoms with Crippen LogP contribution in [0.2, 0.25) is 0 Å². The van der Waals surface area contributed by atoms with Gasteiger partial charge in [0, 0.05) is 129 Å². The second kappa shape index (κ2) is 25.1. The lowest BCUT2D eigenvalue weighted by Gasteiger charge is -2.39. The molecule has 0 spiro atoms. The van der Waals surface area contributed by atoms with E-state index in [1.807, 2.05) is 0 Å². The Morgan fingerprint density at radius 3 is 1.55 bits per heavy atom. The number of para-hydroxylation sites is 6. The smallest absolute Gasteiger partial charge is 0.247 e. The lowest BCUT2D eigenvalue weighted by atomic mass is 10.1. The highest BCUT2D eigenvalue weighted by molar-refractivity contribution is 8.04. The largest absolute Gasteiger partial charge is 0.356 e. The first-order valence-corrected chi connectivity index (χ1v) is 30.7. The Kier molecular flexibility index (Phi) is 17.2. The van der Waals surface area contributed by atoms with Crippen molar-refractivity contribution in [1.82, 2.24) is 20.4 Å². The number of amides is 2. The van der Waals surface area contributed by atoms with E-state index in [0.717, 1.165) is 89.2 Å². The maximum Gasteiger partial charge on any atom is 0.247 e. The highest BCUT2D eigenvalue weighted by Crippen LogP contribution is 2.47. The van der Waals surface area contributed by atoms with Crippen LogP contribution in [-0.4, -0.2) is 92.6 Å². The second-order valence-corrected chi connectivity index (χ2v) is 24.1. The lowest BCUT2D eigenvalue weighted by molar-refractivity contribution is -0.608. The van der Waals surface area contributed by atoms with E-state index in [-0.39, 0.29) is 18.0 Å². The predicted molar refractivity (Wildman–Crippen MR) is 327 cm³/mol. The summed E-state index contributed by atoms with van der Waals surface area (Å²) in [6.45, 7) is 7.38. The Hall–Kier alpha value is -6.52. The Labute approximate surface area is 476 Å². The minimum absolute atomic E-state index is 0.00811. The molecule has 10 nitrogen and oxygen atoms in total. The SMILES string of the molecule is CCC(NC(=O)CCSc1cc(/C=C2/Sc3ccccc3N2C)c2ccccc2[n+]1-c1ccccc1)N1CCN(CCCNC(=O)CCSc2cc(/C=C3/Sc4ccccc4N3C)c3ccccc3[n+]2-c2ccccc2)CC1. The van der Waals surface area contributed by atoms with Gasteiger partial charge in [0.25, 0.3) is 0 Å². The van der Waals surface area contributed by atoms with Crippen LogP contribution in [0.1, 0.15) is 43.7 Å². The molecule has 14 heteroatoms. The fourth-order valence-corrected chi connectivity index (χ4v) is 14.9. The molecule has 11 rings (SSSR count). The van der Waals surface area contributed by atoms with Crippen LogP contribution in [0, 0.1) is 0 Å². The van der Waals surface area contributed by atoms with Gasteiger partial charge in [-0.25, -0.2) is 0 Å². The number of aromatic nitrogens is 2. The predicted octanol–water partition coefficient (Wildman–Crippen LogP) is 12.3. The van der Waals surface area contributed by atoms with Crippen molar-refractivity contribution in [3.8, 4) is 11.4 Å². The third kappa shape index (κ3) is 12.0. The summed E-state index contributed by atoms with van der Waals surface area (Å²) in [7, 11) is 4.28. The van der Waals surface area contributed by atoms with Crippen molar-refractivity contribution < 1.29 is 18.7 Å². The molecule has 5 heterocycles. The van der Waals surface area contributed by atoms with Crippen LogP contribution < -0.4 is 29.6 Å². The van der Waals surface area contributed by atoms with Gasteiger partial charge in [-0.3, -0.25) is 14.5 Å². The Bertz CT molecular complexity index is 3510. The Balaban J connectivity index is 0.655. The molecule has 2 aromatic heterocycles. The number of pyridine rings is 2. The van der Waals surface area contributed by atoms with Crippen LogP contribution in [0.5, 0.6) is 0 Å². The summed E-state index contributed by atoms with van der Waals surface area (Å²) >= 11 is 7.06. The summed E-state index contributed by atoms with van der Waals surface area (Å²) in [5.74, 6) is 1.47. The van der Waals surface area contributed by atoms with Gasteiger partial charge >= 0.3 is 0 Å². The standard InChI is InChI=1S/C64H64N8O2S4/c1-4-58(66-60(74)33-41-76-64-45-47(43-62-68(3)55-29-16-18-31-57(55)78-62)51-25-12-14-27-53(51)72(64)49-22-9-6-10-23-49)70-38-36-69(37-39-70)35-19-34-65-59(73)32-40-75-63-44-46(42-61-67(2)54-28-15-17-30-56(54)77-61)50-24-11-13-26-52(50)71(63)48-20-7-5-8-21-48/h5-18,20-31,42-45,58H,4,19,32-41H2,1-3H3/p+2. The van der Waals surface area contributed by atoms with E-state index in [9.17, 15) is 9.59 Å². The molecule has 6 aromatic carbocycles. The van der Waals surface area contributed by atoms with Gasteiger partial charge in [0.05, 0.1) is 38.4 Å². The molecule has 396 valence electrons. The van der Waals surface area contributed by atoms with Gasteiger partial charge in [-0.15, -0.1) is 9.13 Å². The van der Waals surface area contributed by atoms with Crippen LogP contribution in [0.4, 0.5) is 11.4 Å². The van der Waals surface area contributed by atoms with Crippen molar-refractivity contribution in [2.75, 3.05) is 74.7 Å². The molecule has 2 amide bonds. The van der Waals surface area contributed by atoms with Crippen LogP contribution in [0.15, 0.2) is 200 Å². The summed E-state index contributed by atoms with van der Waals surface area (Å²) in [6, 6.07) is 59.9. The summed E-state index contributed by atoms with van der Waals surface area (Å²) in [6.07, 6.45) is 7.18. The molecule has 3 aliphatic heterocycles. The third-order valence-corrected chi connectivity index (χ3v) is 19.1. The van der Waals surface area contributed by atoms with E-state index in [4.69, 9.17) is 0 Å². The average Bonchev–Trinajstić information content (AvgIpc) is 4.09. The summed E-state index contributed by atoms with van der Waals surface area (Å²) in [5, 5.41) is 13.5. The zero-order valence-electron chi connectivity index (χ0n) is 44.5. The van der Waals surface area contributed by atoms with E-state index in [1.54, 1.807) is 47.0 Å². The fraction of sp³-hybridized carbons (Fsp3) is 0.250. The highest BCUT2D eigenvalue weighted by Gasteiger charge is 2.29. The molecule has 1 atom stereocenters.